The number of ether oxygens (including phenoxy) is 4. The number of hydrogen-bond acceptors (Lipinski definition) is 6. The van der Waals surface area contributed by atoms with Crippen LogP contribution in [0.1, 0.15) is 24.2 Å². The summed E-state index contributed by atoms with van der Waals surface area (Å²) in [5.41, 5.74) is 6.32. The number of carbonyl (C=O) groups is 1. The van der Waals surface area contributed by atoms with Gasteiger partial charge < -0.3 is 24.7 Å². The molecule has 112 valence electrons. The third-order valence-electron chi connectivity index (χ3n) is 2.66. The zero-order valence-electron chi connectivity index (χ0n) is 12.3. The molecule has 1 atom stereocenters. The second-order valence-electron chi connectivity index (χ2n) is 4.17. The van der Waals surface area contributed by atoms with Crippen molar-refractivity contribution in [3.8, 4) is 11.5 Å². The highest BCUT2D eigenvalue weighted by Crippen LogP contribution is 2.31. The van der Waals surface area contributed by atoms with Gasteiger partial charge in [-0.1, -0.05) is 0 Å². The van der Waals surface area contributed by atoms with E-state index in [0.29, 0.717) is 24.7 Å². The number of anilines is 1. The molecule has 6 nitrogen and oxygen atoms in total. The van der Waals surface area contributed by atoms with Crippen LogP contribution in [0.25, 0.3) is 0 Å². The lowest BCUT2D eigenvalue weighted by Gasteiger charge is -2.16. The Bertz CT molecular complexity index is 461. The number of carbonyl (C=O) groups excluding carboxylic acids is 1. The number of nitrogen functional groups attached to an aromatic ring is 1. The Labute approximate surface area is 118 Å². The summed E-state index contributed by atoms with van der Waals surface area (Å²) in [6, 6.07) is 3.13. The van der Waals surface area contributed by atoms with Gasteiger partial charge in [0.15, 0.2) is 0 Å². The van der Waals surface area contributed by atoms with Crippen molar-refractivity contribution < 1.29 is 23.7 Å². The maximum Gasteiger partial charge on any atom is 0.340 e. The number of esters is 1. The Morgan fingerprint density at radius 3 is 2.55 bits per heavy atom. The lowest BCUT2D eigenvalue weighted by atomic mass is 10.1. The van der Waals surface area contributed by atoms with Crippen LogP contribution in [0, 0.1) is 0 Å². The summed E-state index contributed by atoms with van der Waals surface area (Å²) in [4.78, 5) is 12.1. The van der Waals surface area contributed by atoms with Crippen molar-refractivity contribution in [1.29, 1.82) is 0 Å². The van der Waals surface area contributed by atoms with Crippen LogP contribution >= 0.6 is 0 Å². The fraction of sp³-hybridized carbons (Fsp3) is 0.500. The fourth-order valence-electron chi connectivity index (χ4n) is 1.62. The van der Waals surface area contributed by atoms with Gasteiger partial charge in [0.1, 0.15) is 17.6 Å². The maximum absolute atomic E-state index is 12.1. The SMILES string of the molecule is CCOCC(C)OC(=O)c1cc(OC)cc(OC)c1N. The first-order valence-corrected chi connectivity index (χ1v) is 6.33. The minimum Gasteiger partial charge on any atom is -0.497 e. The first kappa shape index (κ1) is 16.1. The largest absolute Gasteiger partial charge is 0.497 e. The minimum absolute atomic E-state index is 0.213. The normalized spacial score (nSPS) is 11.8. The molecule has 0 fully saturated rings. The van der Waals surface area contributed by atoms with Crippen molar-refractivity contribution in [3.63, 3.8) is 0 Å². The van der Waals surface area contributed by atoms with E-state index in [0.717, 1.165) is 0 Å². The summed E-state index contributed by atoms with van der Waals surface area (Å²) in [5.74, 6) is 0.307. The van der Waals surface area contributed by atoms with Gasteiger partial charge in [-0.05, 0) is 19.9 Å². The molecule has 0 aromatic heterocycles. The molecule has 2 N–H and O–H groups in total. The molecule has 0 spiro atoms. The van der Waals surface area contributed by atoms with Gasteiger partial charge in [0.2, 0.25) is 0 Å². The zero-order valence-corrected chi connectivity index (χ0v) is 12.3. The molecule has 1 aromatic carbocycles. The van der Waals surface area contributed by atoms with E-state index in [9.17, 15) is 4.79 Å². The van der Waals surface area contributed by atoms with Crippen LogP contribution in [-0.2, 0) is 9.47 Å². The van der Waals surface area contributed by atoms with Crippen LogP contribution in [0.4, 0.5) is 5.69 Å². The van der Waals surface area contributed by atoms with Gasteiger partial charge in [0.05, 0.1) is 32.1 Å². The Morgan fingerprint density at radius 2 is 2.00 bits per heavy atom. The molecule has 1 unspecified atom stereocenters. The standard InChI is InChI=1S/C14H21NO5/c1-5-19-8-9(2)20-14(16)11-6-10(17-3)7-12(18-4)13(11)15/h6-7,9H,5,8,15H2,1-4H3. The number of hydrogen-bond donors (Lipinski definition) is 1. The van der Waals surface area contributed by atoms with Gasteiger partial charge >= 0.3 is 5.97 Å². The average Bonchev–Trinajstić information content (AvgIpc) is 2.45. The van der Waals surface area contributed by atoms with Crippen molar-refractivity contribution >= 4 is 11.7 Å². The second kappa shape index (κ2) is 7.59. The maximum atomic E-state index is 12.1. The van der Waals surface area contributed by atoms with E-state index in [1.807, 2.05) is 6.92 Å². The lowest BCUT2D eigenvalue weighted by molar-refractivity contribution is 0.00444. The van der Waals surface area contributed by atoms with E-state index >= 15 is 0 Å². The zero-order chi connectivity index (χ0) is 15.1. The van der Waals surface area contributed by atoms with Crippen molar-refractivity contribution in [3.05, 3.63) is 17.7 Å². The Kier molecular flexibility index (Phi) is 6.11. The average molecular weight is 283 g/mol. The van der Waals surface area contributed by atoms with Crippen LogP contribution in [0.3, 0.4) is 0 Å². The molecule has 1 aromatic rings. The van der Waals surface area contributed by atoms with Gasteiger partial charge in [-0.25, -0.2) is 4.79 Å². The molecule has 0 saturated heterocycles. The van der Waals surface area contributed by atoms with E-state index < -0.39 is 5.97 Å². The van der Waals surface area contributed by atoms with Crippen LogP contribution in [-0.4, -0.2) is 39.5 Å². The van der Waals surface area contributed by atoms with E-state index in [1.54, 1.807) is 13.0 Å². The first-order chi connectivity index (χ1) is 9.53. The fourth-order valence-corrected chi connectivity index (χ4v) is 1.62. The van der Waals surface area contributed by atoms with Crippen LogP contribution < -0.4 is 15.2 Å². The molecule has 0 aliphatic carbocycles. The molecular formula is C14H21NO5. The highest BCUT2D eigenvalue weighted by Gasteiger charge is 2.19. The summed E-state index contributed by atoms with van der Waals surface area (Å²) in [6.07, 6.45) is -0.362. The molecule has 0 bridgehead atoms. The van der Waals surface area contributed by atoms with Crippen LogP contribution in [0.15, 0.2) is 12.1 Å². The summed E-state index contributed by atoms with van der Waals surface area (Å²) in [6.45, 7) is 4.53. The quantitative estimate of drug-likeness (QED) is 0.608. The molecule has 20 heavy (non-hydrogen) atoms. The van der Waals surface area contributed by atoms with Gasteiger partial charge in [0, 0.05) is 12.7 Å². The highest BCUT2D eigenvalue weighted by molar-refractivity contribution is 5.97. The molecule has 0 amide bonds. The molecule has 0 heterocycles. The van der Waals surface area contributed by atoms with Crippen LogP contribution in [0.2, 0.25) is 0 Å². The van der Waals surface area contributed by atoms with E-state index in [-0.39, 0.29) is 17.4 Å². The molecule has 0 aliphatic rings. The Balaban J connectivity index is 2.91. The van der Waals surface area contributed by atoms with E-state index in [4.69, 9.17) is 24.7 Å². The van der Waals surface area contributed by atoms with Gasteiger partial charge in [-0.3, -0.25) is 0 Å². The predicted octanol–water partition coefficient (Wildman–Crippen LogP) is 1.87. The number of rotatable bonds is 7. The Morgan fingerprint density at radius 1 is 1.30 bits per heavy atom. The third kappa shape index (κ3) is 4.03. The number of benzene rings is 1. The number of methoxy groups -OCH3 is 2. The highest BCUT2D eigenvalue weighted by atomic mass is 16.6. The van der Waals surface area contributed by atoms with Gasteiger partial charge in [0.25, 0.3) is 0 Å². The van der Waals surface area contributed by atoms with Crippen LogP contribution in [0.5, 0.6) is 11.5 Å². The summed E-state index contributed by atoms with van der Waals surface area (Å²) in [5, 5.41) is 0. The molecule has 0 radical (unpaired) electrons. The van der Waals surface area contributed by atoms with Crippen molar-refractivity contribution in [2.24, 2.45) is 0 Å². The smallest absolute Gasteiger partial charge is 0.340 e. The minimum atomic E-state index is -0.535. The third-order valence-corrected chi connectivity index (χ3v) is 2.66. The Hall–Kier alpha value is -1.95. The van der Waals surface area contributed by atoms with Gasteiger partial charge in [-0.15, -0.1) is 0 Å². The summed E-state index contributed by atoms with van der Waals surface area (Å²) >= 11 is 0. The molecule has 6 heteroatoms. The summed E-state index contributed by atoms with van der Waals surface area (Å²) < 4.78 is 20.7. The second-order valence-corrected chi connectivity index (χ2v) is 4.17. The summed E-state index contributed by atoms with van der Waals surface area (Å²) in [7, 11) is 2.97. The molecule has 0 aliphatic heterocycles. The van der Waals surface area contributed by atoms with E-state index in [2.05, 4.69) is 0 Å². The van der Waals surface area contributed by atoms with Crippen molar-refractivity contribution in [2.75, 3.05) is 33.2 Å². The monoisotopic (exact) mass is 283 g/mol. The molecule has 1 rings (SSSR count). The number of nitrogens with two attached hydrogens (primary N) is 1. The molecule has 0 saturated carbocycles. The van der Waals surface area contributed by atoms with E-state index in [1.165, 1.54) is 20.3 Å². The van der Waals surface area contributed by atoms with Gasteiger partial charge in [-0.2, -0.15) is 0 Å². The lowest BCUT2D eigenvalue weighted by Crippen LogP contribution is -2.21. The topological polar surface area (TPSA) is 80.0 Å². The van der Waals surface area contributed by atoms with Crippen molar-refractivity contribution in [2.45, 2.75) is 20.0 Å². The van der Waals surface area contributed by atoms with Crippen molar-refractivity contribution in [1.82, 2.24) is 0 Å². The molecular weight excluding hydrogens is 262 g/mol. The predicted molar refractivity (Wildman–Crippen MR) is 75.3 cm³/mol. The first-order valence-electron chi connectivity index (χ1n) is 6.33.